The molecule has 26 heavy (non-hydrogen) atoms. The Morgan fingerprint density at radius 1 is 1.23 bits per heavy atom. The van der Waals surface area contributed by atoms with Crippen LogP contribution in [-0.2, 0) is 6.42 Å². The van der Waals surface area contributed by atoms with Crippen LogP contribution >= 0.6 is 0 Å². The largest absolute Gasteiger partial charge is 0.420 e. The van der Waals surface area contributed by atoms with Crippen LogP contribution in [0.25, 0.3) is 10.8 Å². The van der Waals surface area contributed by atoms with Crippen LogP contribution in [0.5, 0.6) is 5.88 Å². The van der Waals surface area contributed by atoms with Crippen molar-refractivity contribution in [3.05, 3.63) is 70.7 Å². The van der Waals surface area contributed by atoms with Crippen LogP contribution in [0.4, 0.5) is 0 Å². The molecule has 1 aliphatic heterocycles. The molecule has 0 aliphatic carbocycles. The van der Waals surface area contributed by atoms with Crippen LogP contribution in [0, 0.1) is 11.3 Å². The molecule has 1 atom stereocenters. The molecule has 1 aliphatic rings. The third-order valence-corrected chi connectivity index (χ3v) is 4.91. The summed E-state index contributed by atoms with van der Waals surface area (Å²) in [5.74, 6) is 0.344. The quantitative estimate of drug-likeness (QED) is 0.745. The zero-order chi connectivity index (χ0) is 18.1. The monoisotopic (exact) mass is 344 g/mol. The molecule has 0 amide bonds. The number of nitrogens with zero attached hydrogens (tertiary/aromatic N) is 2. The number of benzene rings is 2. The van der Waals surface area contributed by atoms with E-state index in [2.05, 4.69) is 53.5 Å². The van der Waals surface area contributed by atoms with Gasteiger partial charge in [-0.25, -0.2) is 0 Å². The van der Waals surface area contributed by atoms with Gasteiger partial charge < -0.3 is 10.5 Å². The Morgan fingerprint density at radius 2 is 2.04 bits per heavy atom. The van der Waals surface area contributed by atoms with Gasteiger partial charge in [-0.15, -0.1) is 5.10 Å². The van der Waals surface area contributed by atoms with Crippen LogP contribution in [0.1, 0.15) is 42.5 Å². The summed E-state index contributed by atoms with van der Waals surface area (Å²) in [6, 6.07) is 16.7. The number of unbranched alkanes of at least 4 members (excludes halogenated alkanes) is 1. The van der Waals surface area contributed by atoms with E-state index in [1.54, 1.807) is 0 Å². The summed E-state index contributed by atoms with van der Waals surface area (Å²) in [6.45, 7) is 2.15. The molecule has 4 rings (SSSR count). The third kappa shape index (κ3) is 2.60. The summed E-state index contributed by atoms with van der Waals surface area (Å²) in [5, 5.41) is 19.4. The molecule has 0 saturated carbocycles. The maximum absolute atomic E-state index is 9.74. The van der Waals surface area contributed by atoms with Crippen LogP contribution in [0.3, 0.4) is 0 Å². The Balaban J connectivity index is 1.89. The molecule has 0 saturated heterocycles. The molecule has 1 aromatic heterocycles. The smallest absolute Gasteiger partial charge is 0.244 e. The van der Waals surface area contributed by atoms with E-state index in [0.717, 1.165) is 46.9 Å². The Bertz CT molecular complexity index is 1040. The van der Waals surface area contributed by atoms with E-state index in [9.17, 15) is 5.26 Å². The molecule has 3 N–H and O–H groups in total. The van der Waals surface area contributed by atoms with Crippen molar-refractivity contribution >= 4 is 10.8 Å². The van der Waals surface area contributed by atoms with Gasteiger partial charge >= 0.3 is 0 Å². The van der Waals surface area contributed by atoms with Crippen molar-refractivity contribution in [3.63, 3.8) is 0 Å². The molecule has 130 valence electrons. The number of nitriles is 1. The number of hydrogen-bond donors (Lipinski definition) is 2. The van der Waals surface area contributed by atoms with Crippen molar-refractivity contribution in [1.29, 1.82) is 5.26 Å². The zero-order valence-corrected chi connectivity index (χ0v) is 14.6. The first-order valence-electron chi connectivity index (χ1n) is 8.86. The standard InChI is InChI=1S/C21H20N4O/c1-2-3-8-17-19-18(16(12-22)20(23)26-21(19)25-24-17)15-10-9-13-6-4-5-7-14(13)11-15/h4-7,9-11,18H,2-3,8,23H2,1H3,(H,24,25). The number of hydrogen-bond acceptors (Lipinski definition) is 4. The van der Waals surface area contributed by atoms with Gasteiger partial charge in [0.05, 0.1) is 5.92 Å². The number of ether oxygens (including phenoxy) is 1. The maximum atomic E-state index is 9.74. The molecule has 5 heteroatoms. The van der Waals surface area contributed by atoms with Gasteiger partial charge in [0, 0.05) is 11.3 Å². The molecule has 5 nitrogen and oxygen atoms in total. The number of aromatic amines is 1. The second kappa shape index (κ2) is 6.57. The Labute approximate surface area is 152 Å². The highest BCUT2D eigenvalue weighted by molar-refractivity contribution is 5.83. The lowest BCUT2D eigenvalue weighted by molar-refractivity contribution is 0.378. The minimum atomic E-state index is -0.265. The van der Waals surface area contributed by atoms with Gasteiger partial charge in [0.25, 0.3) is 0 Å². The van der Waals surface area contributed by atoms with Crippen LogP contribution in [-0.4, -0.2) is 10.2 Å². The number of aromatic nitrogens is 2. The molecule has 0 spiro atoms. The average molecular weight is 344 g/mol. The van der Waals surface area contributed by atoms with E-state index in [1.807, 2.05) is 12.1 Å². The SMILES string of the molecule is CCCCc1[nH]nc2c1C(c1ccc3ccccc3c1)C(C#N)=C(N)O2. The first kappa shape index (κ1) is 16.2. The van der Waals surface area contributed by atoms with Crippen LogP contribution < -0.4 is 10.5 Å². The second-order valence-electron chi connectivity index (χ2n) is 6.56. The molecule has 0 bridgehead atoms. The van der Waals surface area contributed by atoms with Crippen LogP contribution in [0.15, 0.2) is 53.9 Å². The van der Waals surface area contributed by atoms with Crippen molar-refractivity contribution in [2.45, 2.75) is 32.1 Å². The highest BCUT2D eigenvalue weighted by atomic mass is 16.5. The molecule has 2 aromatic carbocycles. The normalized spacial score (nSPS) is 16.2. The Hall–Kier alpha value is -3.26. The van der Waals surface area contributed by atoms with Crippen molar-refractivity contribution in [1.82, 2.24) is 10.2 Å². The summed E-state index contributed by atoms with van der Waals surface area (Å²) in [5.41, 5.74) is 9.44. The number of allylic oxidation sites excluding steroid dienone is 1. The van der Waals surface area contributed by atoms with Crippen molar-refractivity contribution in [2.75, 3.05) is 0 Å². The summed E-state index contributed by atoms with van der Waals surface area (Å²) in [6.07, 6.45) is 2.99. The van der Waals surface area contributed by atoms with Crippen LogP contribution in [0.2, 0.25) is 0 Å². The Morgan fingerprint density at radius 3 is 2.81 bits per heavy atom. The molecule has 1 unspecified atom stereocenters. The van der Waals surface area contributed by atoms with E-state index in [-0.39, 0.29) is 11.8 Å². The first-order valence-corrected chi connectivity index (χ1v) is 8.86. The number of rotatable bonds is 4. The average Bonchev–Trinajstić information content (AvgIpc) is 3.07. The van der Waals surface area contributed by atoms with Gasteiger partial charge in [0.15, 0.2) is 0 Å². The summed E-state index contributed by atoms with van der Waals surface area (Å²) in [4.78, 5) is 0. The lowest BCUT2D eigenvalue weighted by Gasteiger charge is -2.24. The van der Waals surface area contributed by atoms with Gasteiger partial charge in [-0.2, -0.15) is 5.26 Å². The molecule has 3 aromatic rings. The summed E-state index contributed by atoms with van der Waals surface area (Å²) >= 11 is 0. The van der Waals surface area contributed by atoms with Gasteiger partial charge in [0.2, 0.25) is 11.8 Å². The molecular weight excluding hydrogens is 324 g/mol. The molecule has 2 heterocycles. The minimum Gasteiger partial charge on any atom is -0.420 e. The number of nitrogens with two attached hydrogens (primary N) is 1. The van der Waals surface area contributed by atoms with Crippen molar-refractivity contribution in [2.24, 2.45) is 5.73 Å². The second-order valence-corrected chi connectivity index (χ2v) is 6.56. The number of fused-ring (bicyclic) bond motifs is 2. The van der Waals surface area contributed by atoms with E-state index >= 15 is 0 Å². The van der Waals surface area contributed by atoms with E-state index in [0.29, 0.717) is 11.5 Å². The highest BCUT2D eigenvalue weighted by Gasteiger charge is 2.34. The first-order chi connectivity index (χ1) is 12.7. The lowest BCUT2D eigenvalue weighted by Crippen LogP contribution is -2.21. The van der Waals surface area contributed by atoms with E-state index in [1.165, 1.54) is 0 Å². The maximum Gasteiger partial charge on any atom is 0.244 e. The fraction of sp³-hybridized carbons (Fsp3) is 0.238. The predicted octanol–water partition coefficient (Wildman–Crippen LogP) is 4.12. The fourth-order valence-corrected chi connectivity index (χ4v) is 3.57. The van der Waals surface area contributed by atoms with Gasteiger partial charge in [-0.3, -0.25) is 5.10 Å². The lowest BCUT2D eigenvalue weighted by atomic mass is 9.82. The summed E-state index contributed by atoms with van der Waals surface area (Å²) < 4.78 is 5.63. The van der Waals surface area contributed by atoms with E-state index in [4.69, 9.17) is 10.5 Å². The van der Waals surface area contributed by atoms with Gasteiger partial charge in [-0.05, 0) is 29.2 Å². The Kier molecular flexibility index (Phi) is 4.10. The van der Waals surface area contributed by atoms with Gasteiger partial charge in [-0.1, -0.05) is 55.8 Å². The topological polar surface area (TPSA) is 87.7 Å². The third-order valence-electron chi connectivity index (χ3n) is 4.91. The highest BCUT2D eigenvalue weighted by Crippen LogP contribution is 2.43. The number of nitrogens with one attached hydrogen (secondary N) is 1. The predicted molar refractivity (Wildman–Crippen MR) is 100 cm³/mol. The number of aryl methyl sites for hydroxylation is 1. The minimum absolute atomic E-state index is 0.131. The molecule has 0 radical (unpaired) electrons. The zero-order valence-electron chi connectivity index (χ0n) is 14.6. The van der Waals surface area contributed by atoms with Crippen molar-refractivity contribution in [3.8, 4) is 11.9 Å². The van der Waals surface area contributed by atoms with E-state index < -0.39 is 0 Å². The molecule has 0 fully saturated rings. The fourth-order valence-electron chi connectivity index (χ4n) is 3.57. The van der Waals surface area contributed by atoms with Gasteiger partial charge in [0.1, 0.15) is 11.6 Å². The summed E-state index contributed by atoms with van der Waals surface area (Å²) in [7, 11) is 0. The van der Waals surface area contributed by atoms with Crippen molar-refractivity contribution < 1.29 is 4.74 Å². The molecular formula is C21H20N4O. The number of H-pyrrole nitrogens is 1.